The van der Waals surface area contributed by atoms with E-state index in [9.17, 15) is 0 Å². The molecule has 0 aromatic rings. The van der Waals surface area contributed by atoms with E-state index in [-0.39, 0.29) is 12.1 Å². The Morgan fingerprint density at radius 1 is 1.17 bits per heavy atom. The Balaban J connectivity index is 3.90. The maximum Gasteiger partial charge on any atom is 0.0490 e. The van der Waals surface area contributed by atoms with E-state index < -0.39 is 0 Å². The molecule has 0 aliphatic rings. The topological polar surface area (TPSA) is 61.3 Å². The summed E-state index contributed by atoms with van der Waals surface area (Å²) in [4.78, 5) is 0. The first-order chi connectivity index (χ1) is 5.50. The van der Waals surface area contributed by atoms with Crippen molar-refractivity contribution in [1.29, 1.82) is 0 Å². The van der Waals surface area contributed by atoms with E-state index >= 15 is 0 Å². The average Bonchev–Trinajstić information content (AvgIpc) is 2.02. The molecule has 0 aliphatic carbocycles. The van der Waals surface area contributed by atoms with Crippen molar-refractivity contribution < 1.29 is 4.74 Å². The van der Waals surface area contributed by atoms with Crippen molar-refractivity contribution >= 4 is 0 Å². The van der Waals surface area contributed by atoms with Gasteiger partial charge in [0.1, 0.15) is 0 Å². The lowest BCUT2D eigenvalue weighted by Gasteiger charge is -2.27. The van der Waals surface area contributed by atoms with Crippen molar-refractivity contribution in [1.82, 2.24) is 0 Å². The summed E-state index contributed by atoms with van der Waals surface area (Å²) in [6.07, 6.45) is 0. The highest BCUT2D eigenvalue weighted by Gasteiger charge is 2.21. The predicted molar refractivity (Wildman–Crippen MR) is 51.8 cm³/mol. The minimum atomic E-state index is 0.0549. The van der Waals surface area contributed by atoms with Gasteiger partial charge in [-0.05, 0) is 18.8 Å². The van der Waals surface area contributed by atoms with Gasteiger partial charge in [-0.1, -0.05) is 13.8 Å². The average molecular weight is 174 g/mol. The van der Waals surface area contributed by atoms with Gasteiger partial charge in [-0.25, -0.2) is 0 Å². The lowest BCUT2D eigenvalue weighted by molar-refractivity contribution is 0.123. The zero-order chi connectivity index (χ0) is 9.72. The van der Waals surface area contributed by atoms with Gasteiger partial charge in [0.2, 0.25) is 0 Å². The van der Waals surface area contributed by atoms with Gasteiger partial charge in [0.25, 0.3) is 0 Å². The molecule has 3 nitrogen and oxygen atoms in total. The monoisotopic (exact) mass is 174 g/mol. The lowest BCUT2D eigenvalue weighted by Crippen LogP contribution is -2.46. The summed E-state index contributed by atoms with van der Waals surface area (Å²) in [7, 11) is 1.71. The maximum absolute atomic E-state index is 5.91. The summed E-state index contributed by atoms with van der Waals surface area (Å²) in [5.74, 6) is 0.876. The SMILES string of the molecule is COC[C@@H](C)[C@@H](C)C(N)C(C)N. The van der Waals surface area contributed by atoms with Gasteiger partial charge in [-0.2, -0.15) is 0 Å². The fourth-order valence-electron chi connectivity index (χ4n) is 1.27. The third kappa shape index (κ3) is 3.52. The summed E-state index contributed by atoms with van der Waals surface area (Å²) < 4.78 is 5.06. The molecule has 3 heteroatoms. The second-order valence-corrected chi connectivity index (χ2v) is 3.73. The highest BCUT2D eigenvalue weighted by atomic mass is 16.5. The molecule has 0 saturated heterocycles. The molecule has 0 amide bonds. The van der Waals surface area contributed by atoms with Crippen molar-refractivity contribution in [3.05, 3.63) is 0 Å². The Hall–Kier alpha value is -0.120. The molecule has 4 N–H and O–H groups in total. The van der Waals surface area contributed by atoms with Gasteiger partial charge >= 0.3 is 0 Å². The van der Waals surface area contributed by atoms with Gasteiger partial charge in [0, 0.05) is 25.8 Å². The van der Waals surface area contributed by atoms with Gasteiger partial charge in [0.15, 0.2) is 0 Å². The molecule has 0 rings (SSSR count). The highest BCUT2D eigenvalue weighted by Crippen LogP contribution is 2.15. The van der Waals surface area contributed by atoms with Crippen LogP contribution in [0.25, 0.3) is 0 Å². The van der Waals surface area contributed by atoms with Gasteiger partial charge in [-0.3, -0.25) is 0 Å². The number of nitrogens with two attached hydrogens (primary N) is 2. The molecule has 12 heavy (non-hydrogen) atoms. The largest absolute Gasteiger partial charge is 0.384 e. The summed E-state index contributed by atoms with van der Waals surface area (Å²) in [6.45, 7) is 6.95. The van der Waals surface area contributed by atoms with Gasteiger partial charge in [-0.15, -0.1) is 0 Å². The molecule has 0 aromatic carbocycles. The maximum atomic E-state index is 5.91. The second-order valence-electron chi connectivity index (χ2n) is 3.73. The normalized spacial score (nSPS) is 21.5. The number of hydrogen-bond acceptors (Lipinski definition) is 3. The van der Waals surface area contributed by atoms with Crippen LogP contribution in [0.3, 0.4) is 0 Å². The van der Waals surface area contributed by atoms with E-state index in [1.165, 1.54) is 0 Å². The summed E-state index contributed by atoms with van der Waals surface area (Å²) >= 11 is 0. The van der Waals surface area contributed by atoms with Crippen LogP contribution in [0.1, 0.15) is 20.8 Å². The van der Waals surface area contributed by atoms with Crippen molar-refractivity contribution in [2.24, 2.45) is 23.3 Å². The van der Waals surface area contributed by atoms with Crippen LogP contribution in [-0.2, 0) is 4.74 Å². The Morgan fingerprint density at radius 2 is 1.67 bits per heavy atom. The van der Waals surface area contributed by atoms with Crippen LogP contribution in [0.2, 0.25) is 0 Å². The van der Waals surface area contributed by atoms with E-state index in [0.29, 0.717) is 11.8 Å². The highest BCUT2D eigenvalue weighted by molar-refractivity contribution is 4.80. The molecule has 74 valence electrons. The number of methoxy groups -OCH3 is 1. The molecule has 0 heterocycles. The molecule has 0 aliphatic heterocycles. The third-order valence-corrected chi connectivity index (χ3v) is 2.54. The fourth-order valence-corrected chi connectivity index (χ4v) is 1.27. The zero-order valence-corrected chi connectivity index (χ0v) is 8.58. The fraction of sp³-hybridized carbons (Fsp3) is 1.00. The number of ether oxygens (including phenoxy) is 1. The summed E-state index contributed by atoms with van der Waals surface area (Å²) in [6, 6.07) is 0.120. The molecular formula is C9H22N2O. The van der Waals surface area contributed by atoms with Gasteiger partial charge < -0.3 is 16.2 Å². The Bertz CT molecular complexity index is 117. The van der Waals surface area contributed by atoms with E-state index in [4.69, 9.17) is 16.2 Å². The van der Waals surface area contributed by atoms with Crippen LogP contribution in [0, 0.1) is 11.8 Å². The van der Waals surface area contributed by atoms with E-state index in [1.54, 1.807) is 7.11 Å². The minimum Gasteiger partial charge on any atom is -0.384 e. The summed E-state index contributed by atoms with van der Waals surface area (Å²) in [5, 5.41) is 0. The molecular weight excluding hydrogens is 152 g/mol. The predicted octanol–water partition coefficient (Wildman–Crippen LogP) is 0.580. The summed E-state index contributed by atoms with van der Waals surface area (Å²) in [5.41, 5.74) is 11.6. The molecule has 4 atom stereocenters. The van der Waals surface area contributed by atoms with Crippen molar-refractivity contribution in [3.63, 3.8) is 0 Å². The van der Waals surface area contributed by atoms with Crippen molar-refractivity contribution in [2.45, 2.75) is 32.9 Å². The van der Waals surface area contributed by atoms with E-state index in [0.717, 1.165) is 6.61 Å². The van der Waals surface area contributed by atoms with Crippen molar-refractivity contribution in [3.8, 4) is 0 Å². The first-order valence-electron chi connectivity index (χ1n) is 4.50. The first kappa shape index (κ1) is 11.9. The smallest absolute Gasteiger partial charge is 0.0490 e. The second kappa shape index (κ2) is 5.51. The quantitative estimate of drug-likeness (QED) is 0.641. The molecule has 0 spiro atoms. The molecule has 0 fully saturated rings. The standard InChI is InChI=1S/C9H22N2O/c1-6(5-12-4)7(2)9(11)8(3)10/h6-9H,5,10-11H2,1-4H3/t6-,7-,8?,9?/m1/s1. The molecule has 0 aromatic heterocycles. The molecule has 0 saturated carbocycles. The van der Waals surface area contributed by atoms with Gasteiger partial charge in [0.05, 0.1) is 0 Å². The Labute approximate surface area is 75.5 Å². The van der Waals surface area contributed by atoms with Crippen molar-refractivity contribution in [2.75, 3.05) is 13.7 Å². The lowest BCUT2D eigenvalue weighted by atomic mass is 9.87. The number of rotatable bonds is 5. The molecule has 0 bridgehead atoms. The molecule has 0 radical (unpaired) electrons. The number of hydrogen-bond donors (Lipinski definition) is 2. The van der Waals surface area contributed by atoms with E-state index in [2.05, 4.69) is 13.8 Å². The zero-order valence-electron chi connectivity index (χ0n) is 8.58. The van der Waals surface area contributed by atoms with Crippen LogP contribution >= 0.6 is 0 Å². The van der Waals surface area contributed by atoms with Crippen LogP contribution in [0.15, 0.2) is 0 Å². The Kier molecular flexibility index (Phi) is 5.46. The van der Waals surface area contributed by atoms with Crippen LogP contribution in [0.5, 0.6) is 0 Å². The van der Waals surface area contributed by atoms with E-state index in [1.807, 2.05) is 6.92 Å². The van der Waals surface area contributed by atoms with Crippen LogP contribution < -0.4 is 11.5 Å². The van der Waals surface area contributed by atoms with Crippen LogP contribution in [-0.4, -0.2) is 25.8 Å². The Morgan fingerprint density at radius 3 is 2.00 bits per heavy atom. The third-order valence-electron chi connectivity index (χ3n) is 2.54. The molecule has 2 unspecified atom stereocenters. The minimum absolute atomic E-state index is 0.0549. The van der Waals surface area contributed by atoms with Crippen LogP contribution in [0.4, 0.5) is 0 Å². The first-order valence-corrected chi connectivity index (χ1v) is 4.50.